The molecule has 1 aromatic carbocycles. The smallest absolute Gasteiger partial charge is 0.148 e. The third-order valence-electron chi connectivity index (χ3n) is 3.01. The highest BCUT2D eigenvalue weighted by molar-refractivity contribution is 6.32. The first kappa shape index (κ1) is 15.3. The molecule has 1 aromatic heterocycles. The van der Waals surface area contributed by atoms with E-state index in [9.17, 15) is 0 Å². The van der Waals surface area contributed by atoms with E-state index in [1.165, 1.54) is 6.33 Å². The van der Waals surface area contributed by atoms with Crippen LogP contribution in [-0.2, 0) is 0 Å². The van der Waals surface area contributed by atoms with Crippen molar-refractivity contribution in [1.82, 2.24) is 9.97 Å². The lowest BCUT2D eigenvalue weighted by atomic mass is 10.0. The molecule has 0 amide bonds. The van der Waals surface area contributed by atoms with Crippen molar-refractivity contribution in [2.24, 2.45) is 5.84 Å². The molecule has 7 heteroatoms. The van der Waals surface area contributed by atoms with Crippen LogP contribution < -0.4 is 21.3 Å². The van der Waals surface area contributed by atoms with Crippen molar-refractivity contribution in [2.75, 3.05) is 17.9 Å². The van der Waals surface area contributed by atoms with Gasteiger partial charge in [-0.05, 0) is 18.1 Å². The van der Waals surface area contributed by atoms with Crippen molar-refractivity contribution in [1.29, 1.82) is 0 Å². The average molecular weight is 308 g/mol. The lowest BCUT2D eigenvalue weighted by Crippen LogP contribution is -2.14. The van der Waals surface area contributed by atoms with Gasteiger partial charge >= 0.3 is 0 Å². The number of hydrogen-bond acceptors (Lipinski definition) is 6. The van der Waals surface area contributed by atoms with E-state index in [2.05, 4.69) is 20.7 Å². The zero-order valence-corrected chi connectivity index (χ0v) is 12.9. The van der Waals surface area contributed by atoms with E-state index in [0.717, 1.165) is 11.3 Å². The first-order chi connectivity index (χ1) is 10.1. The van der Waals surface area contributed by atoms with Gasteiger partial charge in [0.05, 0.1) is 12.1 Å². The maximum atomic E-state index is 6.02. The van der Waals surface area contributed by atoms with Crippen LogP contribution in [0.1, 0.15) is 25.3 Å². The fourth-order valence-electron chi connectivity index (χ4n) is 2.03. The number of nitrogens with one attached hydrogen (secondary N) is 2. The van der Waals surface area contributed by atoms with E-state index in [-0.39, 0.29) is 5.92 Å². The van der Waals surface area contributed by atoms with E-state index < -0.39 is 0 Å². The Hall–Kier alpha value is -2.05. The van der Waals surface area contributed by atoms with E-state index in [1.807, 2.05) is 26.0 Å². The van der Waals surface area contributed by atoms with Gasteiger partial charge in [-0.25, -0.2) is 15.8 Å². The van der Waals surface area contributed by atoms with Gasteiger partial charge in [-0.2, -0.15) is 0 Å². The topological polar surface area (TPSA) is 85.1 Å². The second-order valence-corrected chi connectivity index (χ2v) is 5.17. The zero-order chi connectivity index (χ0) is 15.4. The second kappa shape index (κ2) is 6.60. The molecule has 0 saturated carbocycles. The summed E-state index contributed by atoms with van der Waals surface area (Å²) in [5.74, 6) is 7.60. The van der Waals surface area contributed by atoms with Gasteiger partial charge in [0, 0.05) is 17.3 Å². The van der Waals surface area contributed by atoms with Gasteiger partial charge in [-0.3, -0.25) is 0 Å². The molecule has 1 heterocycles. The molecule has 0 spiro atoms. The third kappa shape index (κ3) is 3.34. The number of hydrogen-bond donors (Lipinski definition) is 3. The summed E-state index contributed by atoms with van der Waals surface area (Å²) in [5, 5.41) is 3.80. The minimum atomic E-state index is 0.203. The normalized spacial score (nSPS) is 10.6. The van der Waals surface area contributed by atoms with Crippen molar-refractivity contribution in [3.8, 4) is 5.75 Å². The summed E-state index contributed by atoms with van der Waals surface area (Å²) < 4.78 is 5.21. The molecule has 0 aliphatic carbocycles. The number of ether oxygens (including phenoxy) is 1. The number of anilines is 3. The molecule has 0 aliphatic rings. The number of rotatable bonds is 5. The fraction of sp³-hybridized carbons (Fsp3) is 0.286. The Balaban J connectivity index is 2.39. The highest BCUT2D eigenvalue weighted by Crippen LogP contribution is 2.32. The first-order valence-electron chi connectivity index (χ1n) is 6.49. The Morgan fingerprint density at radius 1 is 1.24 bits per heavy atom. The maximum absolute atomic E-state index is 6.02. The number of benzene rings is 1. The van der Waals surface area contributed by atoms with Gasteiger partial charge in [0.2, 0.25) is 0 Å². The Morgan fingerprint density at radius 2 is 1.95 bits per heavy atom. The number of halogens is 1. The van der Waals surface area contributed by atoms with Crippen molar-refractivity contribution in [3.05, 3.63) is 35.1 Å². The van der Waals surface area contributed by atoms with Crippen LogP contribution in [-0.4, -0.2) is 17.1 Å². The minimum Gasteiger partial charge on any atom is -0.495 e. The lowest BCUT2D eigenvalue weighted by molar-refractivity contribution is 0.415. The summed E-state index contributed by atoms with van der Waals surface area (Å²) in [5.41, 5.74) is 4.33. The summed E-state index contributed by atoms with van der Waals surface area (Å²) in [6, 6.07) is 5.43. The van der Waals surface area contributed by atoms with Crippen LogP contribution in [0.4, 0.5) is 17.3 Å². The number of aromatic nitrogens is 2. The molecule has 4 N–H and O–H groups in total. The lowest BCUT2D eigenvalue weighted by Gasteiger charge is -2.17. The van der Waals surface area contributed by atoms with Crippen LogP contribution in [0, 0.1) is 0 Å². The van der Waals surface area contributed by atoms with Crippen LogP contribution in [0.5, 0.6) is 5.75 Å². The largest absolute Gasteiger partial charge is 0.495 e. The molecule has 0 radical (unpaired) electrons. The molecule has 21 heavy (non-hydrogen) atoms. The van der Waals surface area contributed by atoms with Crippen molar-refractivity contribution in [2.45, 2.75) is 19.8 Å². The van der Waals surface area contributed by atoms with Crippen LogP contribution in [0.3, 0.4) is 0 Å². The van der Waals surface area contributed by atoms with E-state index >= 15 is 0 Å². The fourth-order valence-corrected chi connectivity index (χ4v) is 2.23. The maximum Gasteiger partial charge on any atom is 0.148 e. The Labute approximate surface area is 128 Å². The molecule has 0 atom stereocenters. The van der Waals surface area contributed by atoms with Gasteiger partial charge < -0.3 is 15.5 Å². The van der Waals surface area contributed by atoms with Crippen molar-refractivity contribution < 1.29 is 4.74 Å². The zero-order valence-electron chi connectivity index (χ0n) is 12.1. The predicted molar refractivity (Wildman–Crippen MR) is 85.2 cm³/mol. The van der Waals surface area contributed by atoms with E-state index in [1.54, 1.807) is 13.2 Å². The molecule has 0 bridgehead atoms. The number of nitrogens with two attached hydrogens (primary N) is 1. The summed E-state index contributed by atoms with van der Waals surface area (Å²) in [6.07, 6.45) is 1.45. The summed E-state index contributed by atoms with van der Waals surface area (Å²) in [6.45, 7) is 4.10. The van der Waals surface area contributed by atoms with Crippen LogP contribution in [0.2, 0.25) is 5.02 Å². The molecule has 0 saturated heterocycles. The average Bonchev–Trinajstić information content (AvgIpc) is 2.48. The third-order valence-corrected chi connectivity index (χ3v) is 3.32. The minimum absolute atomic E-state index is 0.203. The molecule has 6 nitrogen and oxygen atoms in total. The predicted octanol–water partition coefficient (Wildman–Crippen LogP) is 3.29. The monoisotopic (exact) mass is 307 g/mol. The van der Waals surface area contributed by atoms with Crippen LogP contribution in [0.15, 0.2) is 24.5 Å². The molecule has 0 fully saturated rings. The summed E-state index contributed by atoms with van der Waals surface area (Å²) in [4.78, 5) is 8.43. The molecular formula is C14H18ClN5O. The van der Waals surface area contributed by atoms with E-state index in [4.69, 9.17) is 22.2 Å². The second-order valence-electron chi connectivity index (χ2n) is 4.76. The van der Waals surface area contributed by atoms with Gasteiger partial charge in [0.15, 0.2) is 0 Å². The Bertz CT molecular complexity index is 633. The van der Waals surface area contributed by atoms with Crippen molar-refractivity contribution in [3.63, 3.8) is 0 Å². The quantitative estimate of drug-likeness (QED) is 0.580. The van der Waals surface area contributed by atoms with Crippen LogP contribution >= 0.6 is 11.6 Å². The highest BCUT2D eigenvalue weighted by Gasteiger charge is 2.15. The molecule has 112 valence electrons. The van der Waals surface area contributed by atoms with Crippen LogP contribution in [0.25, 0.3) is 0 Å². The van der Waals surface area contributed by atoms with Gasteiger partial charge in [0.1, 0.15) is 23.7 Å². The SMILES string of the molecule is COc1cc(Nc2ncnc(NN)c2C(C)C)ccc1Cl. The molecule has 0 aliphatic heterocycles. The molecule has 2 aromatic rings. The van der Waals surface area contributed by atoms with Crippen molar-refractivity contribution >= 4 is 28.9 Å². The number of methoxy groups -OCH3 is 1. The summed E-state index contributed by atoms with van der Waals surface area (Å²) in [7, 11) is 1.58. The molecule has 0 unspecified atom stereocenters. The first-order valence-corrected chi connectivity index (χ1v) is 6.86. The van der Waals surface area contributed by atoms with Gasteiger partial charge in [-0.1, -0.05) is 25.4 Å². The van der Waals surface area contributed by atoms with Gasteiger partial charge in [-0.15, -0.1) is 0 Å². The highest BCUT2D eigenvalue weighted by atomic mass is 35.5. The number of hydrazine groups is 1. The van der Waals surface area contributed by atoms with E-state index in [0.29, 0.717) is 22.4 Å². The summed E-state index contributed by atoms with van der Waals surface area (Å²) >= 11 is 6.02. The standard InChI is InChI=1S/C14H18ClN5O/c1-8(2)12-13(17-7-18-14(12)20-16)19-9-4-5-10(15)11(6-9)21-3/h4-8H,16H2,1-3H3,(H2,17,18,19,20). The number of nitrogens with zero attached hydrogens (tertiary/aromatic N) is 2. The number of nitrogen functional groups attached to an aromatic ring is 1. The Morgan fingerprint density at radius 3 is 2.57 bits per heavy atom. The van der Waals surface area contributed by atoms with Gasteiger partial charge in [0.25, 0.3) is 0 Å². The Kier molecular flexibility index (Phi) is 4.82. The molecular weight excluding hydrogens is 290 g/mol. The molecule has 2 rings (SSSR count).